The summed E-state index contributed by atoms with van der Waals surface area (Å²) in [7, 11) is 1.98. The molecule has 2 aromatic rings. The third-order valence-electron chi connectivity index (χ3n) is 3.08. The zero-order valence-corrected chi connectivity index (χ0v) is 11.0. The number of hydrogen-bond donors (Lipinski definition) is 1. The summed E-state index contributed by atoms with van der Waals surface area (Å²) in [6.07, 6.45) is 6.31. The summed E-state index contributed by atoms with van der Waals surface area (Å²) in [5.41, 5.74) is 9.70. The Hall–Kier alpha value is -1.68. The van der Waals surface area contributed by atoms with E-state index >= 15 is 0 Å². The van der Waals surface area contributed by atoms with E-state index < -0.39 is 0 Å². The van der Waals surface area contributed by atoms with Crippen LogP contribution >= 0.6 is 0 Å². The van der Waals surface area contributed by atoms with Crippen LogP contribution in [0.25, 0.3) is 0 Å². The van der Waals surface area contributed by atoms with Gasteiger partial charge >= 0.3 is 0 Å². The monoisotopic (exact) mass is 244 g/mol. The van der Waals surface area contributed by atoms with Crippen molar-refractivity contribution in [2.45, 2.75) is 32.2 Å². The summed E-state index contributed by atoms with van der Waals surface area (Å²) in [6.45, 7) is 2.11. The fourth-order valence-electron chi connectivity index (χ4n) is 2.10. The van der Waals surface area contributed by atoms with Crippen LogP contribution in [0.2, 0.25) is 0 Å². The van der Waals surface area contributed by atoms with E-state index in [-0.39, 0.29) is 6.04 Å². The van der Waals surface area contributed by atoms with Gasteiger partial charge in [-0.1, -0.05) is 13.0 Å². The number of hydrogen-bond acceptors (Lipinski definition) is 3. The minimum Gasteiger partial charge on any atom is -0.327 e. The van der Waals surface area contributed by atoms with Crippen molar-refractivity contribution in [1.29, 1.82) is 0 Å². The number of aryl methyl sites for hydroxylation is 2. The maximum absolute atomic E-state index is 6.19. The first-order valence-electron chi connectivity index (χ1n) is 6.35. The van der Waals surface area contributed by atoms with E-state index in [1.165, 1.54) is 11.3 Å². The quantitative estimate of drug-likeness (QED) is 0.867. The molecule has 0 fully saturated rings. The van der Waals surface area contributed by atoms with E-state index in [0.717, 1.165) is 25.0 Å². The van der Waals surface area contributed by atoms with Crippen LogP contribution in [-0.2, 0) is 26.3 Å². The summed E-state index contributed by atoms with van der Waals surface area (Å²) >= 11 is 0. The SMILES string of the molecule is CCc1cc(CC(N)Cc2cccnc2)n(C)n1. The van der Waals surface area contributed by atoms with Crippen LogP contribution in [0.5, 0.6) is 0 Å². The molecule has 96 valence electrons. The Morgan fingerprint density at radius 1 is 1.39 bits per heavy atom. The zero-order chi connectivity index (χ0) is 13.0. The molecule has 0 aliphatic carbocycles. The second kappa shape index (κ2) is 5.78. The average Bonchev–Trinajstić information content (AvgIpc) is 2.71. The Kier molecular flexibility index (Phi) is 4.10. The topological polar surface area (TPSA) is 56.7 Å². The van der Waals surface area contributed by atoms with Gasteiger partial charge in [0.05, 0.1) is 5.69 Å². The lowest BCUT2D eigenvalue weighted by atomic mass is 10.0. The molecular weight excluding hydrogens is 224 g/mol. The lowest BCUT2D eigenvalue weighted by molar-refractivity contribution is 0.611. The summed E-state index contributed by atoms with van der Waals surface area (Å²) in [5.74, 6) is 0. The molecule has 0 radical (unpaired) electrons. The zero-order valence-electron chi connectivity index (χ0n) is 11.0. The summed E-state index contributed by atoms with van der Waals surface area (Å²) in [6, 6.07) is 6.26. The van der Waals surface area contributed by atoms with Gasteiger partial charge in [-0.05, 0) is 30.5 Å². The third kappa shape index (κ3) is 3.17. The molecule has 0 spiro atoms. The van der Waals surface area contributed by atoms with Gasteiger partial charge < -0.3 is 5.73 Å². The van der Waals surface area contributed by atoms with Gasteiger partial charge in [0.15, 0.2) is 0 Å². The van der Waals surface area contributed by atoms with Gasteiger partial charge in [-0.25, -0.2) is 0 Å². The molecule has 0 saturated carbocycles. The van der Waals surface area contributed by atoms with E-state index in [2.05, 4.69) is 29.1 Å². The van der Waals surface area contributed by atoms with Gasteiger partial charge in [0, 0.05) is 37.6 Å². The Balaban J connectivity index is 1.98. The van der Waals surface area contributed by atoms with Crippen LogP contribution in [0.3, 0.4) is 0 Å². The molecule has 2 rings (SSSR count). The van der Waals surface area contributed by atoms with Crippen molar-refractivity contribution >= 4 is 0 Å². The smallest absolute Gasteiger partial charge is 0.0624 e. The largest absolute Gasteiger partial charge is 0.327 e. The standard InChI is InChI=1S/C14H20N4/c1-3-13-9-14(18(2)17-13)8-12(15)7-11-5-4-6-16-10-11/h4-6,9-10,12H,3,7-8,15H2,1-2H3. The van der Waals surface area contributed by atoms with E-state index in [9.17, 15) is 0 Å². The van der Waals surface area contributed by atoms with Crippen molar-refractivity contribution in [3.8, 4) is 0 Å². The summed E-state index contributed by atoms with van der Waals surface area (Å²) in [4.78, 5) is 4.11. The van der Waals surface area contributed by atoms with Gasteiger partial charge in [-0.3, -0.25) is 9.67 Å². The number of rotatable bonds is 5. The van der Waals surface area contributed by atoms with Crippen molar-refractivity contribution in [1.82, 2.24) is 14.8 Å². The van der Waals surface area contributed by atoms with Crippen LogP contribution in [0.4, 0.5) is 0 Å². The van der Waals surface area contributed by atoms with Gasteiger partial charge in [0.25, 0.3) is 0 Å². The van der Waals surface area contributed by atoms with Crippen molar-refractivity contribution in [3.05, 3.63) is 47.5 Å². The molecule has 0 amide bonds. The number of aromatic nitrogens is 3. The molecule has 0 aliphatic rings. The van der Waals surface area contributed by atoms with Gasteiger partial charge in [-0.15, -0.1) is 0 Å². The Morgan fingerprint density at radius 2 is 2.22 bits per heavy atom. The second-order valence-corrected chi connectivity index (χ2v) is 4.63. The highest BCUT2D eigenvalue weighted by molar-refractivity contribution is 5.14. The summed E-state index contributed by atoms with van der Waals surface area (Å²) < 4.78 is 1.93. The highest BCUT2D eigenvalue weighted by Gasteiger charge is 2.10. The number of nitrogens with two attached hydrogens (primary N) is 1. The average molecular weight is 244 g/mol. The molecule has 0 aromatic carbocycles. The fourth-order valence-corrected chi connectivity index (χ4v) is 2.10. The highest BCUT2D eigenvalue weighted by atomic mass is 15.3. The van der Waals surface area contributed by atoms with Gasteiger partial charge in [-0.2, -0.15) is 5.10 Å². The van der Waals surface area contributed by atoms with Crippen LogP contribution in [0.15, 0.2) is 30.6 Å². The molecule has 2 heterocycles. The first-order valence-corrected chi connectivity index (χ1v) is 6.35. The van der Waals surface area contributed by atoms with E-state index in [1.54, 1.807) is 6.20 Å². The third-order valence-corrected chi connectivity index (χ3v) is 3.08. The van der Waals surface area contributed by atoms with E-state index in [0.29, 0.717) is 0 Å². The molecule has 0 aliphatic heterocycles. The molecule has 0 saturated heterocycles. The van der Waals surface area contributed by atoms with Crippen molar-refractivity contribution < 1.29 is 0 Å². The van der Waals surface area contributed by atoms with Crippen molar-refractivity contribution in [3.63, 3.8) is 0 Å². The van der Waals surface area contributed by atoms with Crippen molar-refractivity contribution in [2.24, 2.45) is 12.8 Å². The Morgan fingerprint density at radius 3 is 2.83 bits per heavy atom. The lowest BCUT2D eigenvalue weighted by Gasteiger charge is -2.11. The molecule has 2 N–H and O–H groups in total. The Bertz CT molecular complexity index is 490. The minimum absolute atomic E-state index is 0.106. The van der Waals surface area contributed by atoms with Gasteiger partial charge in [0.1, 0.15) is 0 Å². The fraction of sp³-hybridized carbons (Fsp3) is 0.429. The normalized spacial score (nSPS) is 12.6. The molecule has 1 unspecified atom stereocenters. The molecule has 18 heavy (non-hydrogen) atoms. The predicted octanol–water partition coefficient (Wildman–Crippen LogP) is 1.49. The first kappa shape index (κ1) is 12.8. The Labute approximate surface area is 108 Å². The van der Waals surface area contributed by atoms with Crippen LogP contribution in [0, 0.1) is 0 Å². The van der Waals surface area contributed by atoms with E-state index in [4.69, 9.17) is 5.73 Å². The van der Waals surface area contributed by atoms with Crippen LogP contribution in [-0.4, -0.2) is 20.8 Å². The second-order valence-electron chi connectivity index (χ2n) is 4.63. The first-order chi connectivity index (χ1) is 8.69. The molecule has 2 aromatic heterocycles. The molecule has 4 heteroatoms. The maximum atomic E-state index is 6.19. The summed E-state index contributed by atoms with van der Waals surface area (Å²) in [5, 5.41) is 4.44. The highest BCUT2D eigenvalue weighted by Crippen LogP contribution is 2.09. The maximum Gasteiger partial charge on any atom is 0.0624 e. The van der Waals surface area contributed by atoms with E-state index in [1.807, 2.05) is 24.0 Å². The lowest BCUT2D eigenvalue weighted by Crippen LogP contribution is -2.26. The van der Waals surface area contributed by atoms with Crippen molar-refractivity contribution in [2.75, 3.05) is 0 Å². The van der Waals surface area contributed by atoms with Gasteiger partial charge in [0.2, 0.25) is 0 Å². The number of pyridine rings is 1. The van der Waals surface area contributed by atoms with Crippen LogP contribution < -0.4 is 5.73 Å². The molecule has 4 nitrogen and oxygen atoms in total. The molecular formula is C14H20N4. The predicted molar refractivity (Wildman–Crippen MR) is 72.2 cm³/mol. The minimum atomic E-state index is 0.106. The van der Waals surface area contributed by atoms with Crippen LogP contribution in [0.1, 0.15) is 23.9 Å². The number of nitrogens with zero attached hydrogens (tertiary/aromatic N) is 3. The molecule has 0 bridgehead atoms. The molecule has 1 atom stereocenters.